The van der Waals surface area contributed by atoms with Crippen molar-refractivity contribution >= 4 is 0 Å². The molecular formula is C10H14O4. The van der Waals surface area contributed by atoms with E-state index in [2.05, 4.69) is 0 Å². The Morgan fingerprint density at radius 3 is 1.86 bits per heavy atom. The fourth-order valence-electron chi connectivity index (χ4n) is 1.37. The molecule has 0 radical (unpaired) electrons. The van der Waals surface area contributed by atoms with Crippen molar-refractivity contribution < 1.29 is 19.3 Å². The number of methoxy groups -OCH3 is 3. The number of rotatable bonds is 3. The van der Waals surface area contributed by atoms with Crippen molar-refractivity contribution in [2.24, 2.45) is 0 Å². The van der Waals surface area contributed by atoms with Crippen LogP contribution in [-0.4, -0.2) is 26.4 Å². The summed E-state index contributed by atoms with van der Waals surface area (Å²) in [6.45, 7) is 1.82. The summed E-state index contributed by atoms with van der Waals surface area (Å²) in [6.07, 6.45) is 0. The van der Waals surface area contributed by atoms with Crippen LogP contribution in [0.25, 0.3) is 0 Å². The molecule has 0 amide bonds. The molecule has 0 aliphatic carbocycles. The van der Waals surface area contributed by atoms with Crippen molar-refractivity contribution in [2.45, 2.75) is 6.92 Å². The molecule has 4 nitrogen and oxygen atoms in total. The summed E-state index contributed by atoms with van der Waals surface area (Å²) in [5.74, 6) is 1.31. The van der Waals surface area contributed by atoms with E-state index in [0.29, 0.717) is 11.5 Å². The summed E-state index contributed by atoms with van der Waals surface area (Å²) in [7, 11) is 4.51. The quantitative estimate of drug-likeness (QED) is 0.803. The molecule has 0 unspecified atom stereocenters. The zero-order valence-corrected chi connectivity index (χ0v) is 8.75. The van der Waals surface area contributed by atoms with Gasteiger partial charge < -0.3 is 19.3 Å². The topological polar surface area (TPSA) is 47.9 Å². The zero-order valence-electron chi connectivity index (χ0n) is 8.75. The van der Waals surface area contributed by atoms with E-state index < -0.39 is 0 Å². The molecule has 0 atom stereocenters. The van der Waals surface area contributed by atoms with Gasteiger partial charge in [0.05, 0.1) is 21.3 Å². The zero-order chi connectivity index (χ0) is 10.7. The number of hydrogen-bond donors (Lipinski definition) is 1. The van der Waals surface area contributed by atoms with Gasteiger partial charge in [0.15, 0.2) is 11.5 Å². The molecule has 0 saturated heterocycles. The molecule has 0 saturated carbocycles. The maximum atomic E-state index is 9.56. The number of aryl methyl sites for hydroxylation is 1. The van der Waals surface area contributed by atoms with Gasteiger partial charge in [0, 0.05) is 0 Å². The molecule has 1 aromatic rings. The van der Waals surface area contributed by atoms with Gasteiger partial charge >= 0.3 is 0 Å². The summed E-state index contributed by atoms with van der Waals surface area (Å²) in [4.78, 5) is 0. The van der Waals surface area contributed by atoms with E-state index >= 15 is 0 Å². The predicted octanol–water partition coefficient (Wildman–Crippen LogP) is 1.73. The van der Waals surface area contributed by atoms with Crippen LogP contribution in [0, 0.1) is 6.92 Å². The molecule has 0 fully saturated rings. The van der Waals surface area contributed by atoms with Crippen molar-refractivity contribution in [3.8, 4) is 23.0 Å². The first-order chi connectivity index (χ1) is 6.65. The lowest BCUT2D eigenvalue weighted by Crippen LogP contribution is -1.97. The molecule has 0 spiro atoms. The number of benzene rings is 1. The third-order valence-corrected chi connectivity index (χ3v) is 1.97. The van der Waals surface area contributed by atoms with Gasteiger partial charge in [-0.15, -0.1) is 0 Å². The molecule has 78 valence electrons. The second-order valence-electron chi connectivity index (χ2n) is 2.81. The number of ether oxygens (including phenoxy) is 3. The number of aromatic hydroxyl groups is 1. The summed E-state index contributed by atoms with van der Waals surface area (Å²) < 4.78 is 15.3. The molecule has 0 heterocycles. The van der Waals surface area contributed by atoms with Gasteiger partial charge in [0.1, 0.15) is 0 Å². The SMILES string of the molecule is COc1c(C)cc(O)c(OC)c1OC. The van der Waals surface area contributed by atoms with Crippen molar-refractivity contribution in [2.75, 3.05) is 21.3 Å². The Morgan fingerprint density at radius 1 is 0.929 bits per heavy atom. The summed E-state index contributed by atoms with van der Waals surface area (Å²) >= 11 is 0. The predicted molar refractivity (Wildman–Crippen MR) is 52.5 cm³/mol. The minimum atomic E-state index is 0.0441. The highest BCUT2D eigenvalue weighted by atomic mass is 16.5. The Morgan fingerprint density at radius 2 is 1.43 bits per heavy atom. The first kappa shape index (κ1) is 10.5. The van der Waals surface area contributed by atoms with Crippen molar-refractivity contribution in [3.05, 3.63) is 11.6 Å². The second-order valence-corrected chi connectivity index (χ2v) is 2.81. The Kier molecular flexibility index (Phi) is 3.06. The Labute approximate surface area is 83.0 Å². The van der Waals surface area contributed by atoms with E-state index in [9.17, 15) is 5.11 Å². The van der Waals surface area contributed by atoms with E-state index in [-0.39, 0.29) is 11.5 Å². The molecule has 0 aliphatic rings. The van der Waals surface area contributed by atoms with E-state index in [1.165, 1.54) is 14.2 Å². The molecule has 0 bridgehead atoms. The second kappa shape index (κ2) is 4.09. The highest BCUT2D eigenvalue weighted by molar-refractivity contribution is 5.61. The number of phenols is 1. The van der Waals surface area contributed by atoms with Gasteiger partial charge in [0.25, 0.3) is 0 Å². The first-order valence-corrected chi connectivity index (χ1v) is 4.14. The Bertz CT molecular complexity index is 305. The van der Waals surface area contributed by atoms with Crippen molar-refractivity contribution in [3.63, 3.8) is 0 Å². The van der Waals surface area contributed by atoms with E-state index in [4.69, 9.17) is 14.2 Å². The van der Waals surface area contributed by atoms with Gasteiger partial charge in [-0.2, -0.15) is 0 Å². The third-order valence-electron chi connectivity index (χ3n) is 1.97. The van der Waals surface area contributed by atoms with Crippen molar-refractivity contribution in [1.29, 1.82) is 0 Å². The monoisotopic (exact) mass is 198 g/mol. The van der Waals surface area contributed by atoms with Gasteiger partial charge in [-0.3, -0.25) is 0 Å². The molecule has 14 heavy (non-hydrogen) atoms. The Balaban J connectivity index is 3.43. The van der Waals surface area contributed by atoms with Gasteiger partial charge in [0.2, 0.25) is 11.5 Å². The minimum absolute atomic E-state index is 0.0441. The fourth-order valence-corrected chi connectivity index (χ4v) is 1.37. The molecule has 0 aliphatic heterocycles. The minimum Gasteiger partial charge on any atom is -0.504 e. The molecular weight excluding hydrogens is 184 g/mol. The van der Waals surface area contributed by atoms with Gasteiger partial charge in [-0.25, -0.2) is 0 Å². The van der Waals surface area contributed by atoms with E-state index in [1.807, 2.05) is 6.92 Å². The van der Waals surface area contributed by atoms with Crippen LogP contribution in [0.1, 0.15) is 5.56 Å². The molecule has 4 heteroatoms. The normalized spacial score (nSPS) is 9.71. The maximum Gasteiger partial charge on any atom is 0.207 e. The highest BCUT2D eigenvalue weighted by Gasteiger charge is 2.17. The van der Waals surface area contributed by atoms with Gasteiger partial charge in [-0.1, -0.05) is 0 Å². The van der Waals surface area contributed by atoms with E-state index in [0.717, 1.165) is 5.56 Å². The largest absolute Gasteiger partial charge is 0.504 e. The van der Waals surface area contributed by atoms with Crippen LogP contribution in [0.4, 0.5) is 0 Å². The molecule has 1 aromatic carbocycles. The van der Waals surface area contributed by atoms with Crippen LogP contribution in [-0.2, 0) is 0 Å². The molecule has 1 rings (SSSR count). The van der Waals surface area contributed by atoms with Crippen LogP contribution in [0.15, 0.2) is 6.07 Å². The number of hydrogen-bond acceptors (Lipinski definition) is 4. The molecule has 1 N–H and O–H groups in total. The lowest BCUT2D eigenvalue weighted by molar-refractivity contribution is 0.309. The lowest BCUT2D eigenvalue weighted by Gasteiger charge is -2.14. The summed E-state index contributed by atoms with van der Waals surface area (Å²) in [5.41, 5.74) is 0.794. The average Bonchev–Trinajstić information content (AvgIpc) is 2.16. The fraction of sp³-hybridized carbons (Fsp3) is 0.400. The first-order valence-electron chi connectivity index (χ1n) is 4.14. The van der Waals surface area contributed by atoms with Crippen molar-refractivity contribution in [1.82, 2.24) is 0 Å². The van der Waals surface area contributed by atoms with Crippen LogP contribution in [0.5, 0.6) is 23.0 Å². The standard InChI is InChI=1S/C10H14O4/c1-6-5-7(11)9(13-3)10(14-4)8(6)12-2/h5,11H,1-4H3. The van der Waals surface area contributed by atoms with Crippen LogP contribution in [0.2, 0.25) is 0 Å². The maximum absolute atomic E-state index is 9.56. The Hall–Kier alpha value is -1.58. The third kappa shape index (κ3) is 1.55. The summed E-state index contributed by atoms with van der Waals surface area (Å²) in [5, 5.41) is 9.56. The van der Waals surface area contributed by atoms with Gasteiger partial charge in [-0.05, 0) is 18.6 Å². The van der Waals surface area contributed by atoms with Crippen LogP contribution < -0.4 is 14.2 Å². The molecule has 0 aromatic heterocycles. The summed E-state index contributed by atoms with van der Waals surface area (Å²) in [6, 6.07) is 1.57. The highest BCUT2D eigenvalue weighted by Crippen LogP contribution is 2.45. The number of phenolic OH excluding ortho intramolecular Hbond substituents is 1. The van der Waals surface area contributed by atoms with Crippen LogP contribution >= 0.6 is 0 Å². The van der Waals surface area contributed by atoms with Crippen LogP contribution in [0.3, 0.4) is 0 Å². The lowest BCUT2D eigenvalue weighted by atomic mass is 10.2. The smallest absolute Gasteiger partial charge is 0.207 e. The van der Waals surface area contributed by atoms with E-state index in [1.54, 1.807) is 13.2 Å². The average molecular weight is 198 g/mol.